The zero-order valence-corrected chi connectivity index (χ0v) is 18.8. The minimum atomic E-state index is -0.0999. The van der Waals surface area contributed by atoms with E-state index in [1.165, 1.54) is 11.1 Å². The number of ether oxygens (including phenoxy) is 2. The maximum absolute atomic E-state index is 13.0. The molecular weight excluding hydrogens is 412 g/mol. The standard InChI is InChI=1S/C28H28N2O3/c1-2-20-9-6-10-22-24(17-30-28(20)22)23(21-11-12-25-26(15-21)33-18-32-25)16-27(31)29-14-13-19-7-4-3-5-8-19/h3-12,15,17,23,30H,2,13-14,16,18H2,1H3,(H,29,31)/t23-/m0/s1. The lowest BCUT2D eigenvalue weighted by Crippen LogP contribution is -2.27. The second kappa shape index (κ2) is 9.41. The van der Waals surface area contributed by atoms with Crippen molar-refractivity contribution in [1.29, 1.82) is 0 Å². The molecule has 4 aromatic rings. The Morgan fingerprint density at radius 2 is 1.88 bits per heavy atom. The lowest BCUT2D eigenvalue weighted by molar-refractivity contribution is -0.121. The lowest BCUT2D eigenvalue weighted by atomic mass is 9.87. The number of aromatic amines is 1. The summed E-state index contributed by atoms with van der Waals surface area (Å²) in [4.78, 5) is 16.5. The molecule has 1 amide bonds. The zero-order chi connectivity index (χ0) is 22.6. The molecule has 0 saturated carbocycles. The van der Waals surface area contributed by atoms with Crippen LogP contribution in [0.4, 0.5) is 0 Å². The number of aryl methyl sites for hydroxylation is 1. The van der Waals surface area contributed by atoms with E-state index in [1.807, 2.05) is 36.4 Å². The van der Waals surface area contributed by atoms with Crippen molar-refractivity contribution in [2.24, 2.45) is 0 Å². The third-order valence-electron chi connectivity index (χ3n) is 6.36. The van der Waals surface area contributed by atoms with Crippen LogP contribution in [0.5, 0.6) is 11.5 Å². The minimum Gasteiger partial charge on any atom is -0.454 e. The Morgan fingerprint density at radius 3 is 2.73 bits per heavy atom. The first-order valence-electron chi connectivity index (χ1n) is 11.5. The van der Waals surface area contributed by atoms with Gasteiger partial charge in [0, 0.05) is 36.0 Å². The summed E-state index contributed by atoms with van der Waals surface area (Å²) < 4.78 is 11.1. The van der Waals surface area contributed by atoms with Crippen molar-refractivity contribution >= 4 is 16.8 Å². The summed E-state index contributed by atoms with van der Waals surface area (Å²) >= 11 is 0. The molecule has 5 heteroatoms. The van der Waals surface area contributed by atoms with Crippen molar-refractivity contribution in [2.45, 2.75) is 32.1 Å². The molecule has 168 valence electrons. The van der Waals surface area contributed by atoms with Crippen LogP contribution in [-0.4, -0.2) is 24.2 Å². The van der Waals surface area contributed by atoms with Crippen LogP contribution in [0.15, 0.2) is 72.9 Å². The Labute approximate surface area is 193 Å². The van der Waals surface area contributed by atoms with Crippen LogP contribution in [0.25, 0.3) is 10.9 Å². The maximum Gasteiger partial charge on any atom is 0.231 e. The summed E-state index contributed by atoms with van der Waals surface area (Å²) in [5.74, 6) is 1.42. The SMILES string of the molecule is CCc1cccc2c([C@@H](CC(=O)NCCc3ccccc3)c3ccc4c(c3)OCO4)c[nH]c12. The fourth-order valence-corrected chi connectivity index (χ4v) is 4.61. The molecule has 2 heterocycles. The number of benzene rings is 3. The van der Waals surface area contributed by atoms with Gasteiger partial charge in [0.2, 0.25) is 12.7 Å². The molecule has 33 heavy (non-hydrogen) atoms. The molecule has 0 saturated heterocycles. The van der Waals surface area contributed by atoms with E-state index >= 15 is 0 Å². The Morgan fingerprint density at radius 1 is 1.03 bits per heavy atom. The van der Waals surface area contributed by atoms with Gasteiger partial charge in [0.25, 0.3) is 0 Å². The quantitative estimate of drug-likeness (QED) is 0.389. The summed E-state index contributed by atoms with van der Waals surface area (Å²) in [5, 5.41) is 4.27. The van der Waals surface area contributed by atoms with E-state index in [2.05, 4.69) is 53.8 Å². The highest BCUT2D eigenvalue weighted by Crippen LogP contribution is 2.39. The maximum atomic E-state index is 13.0. The summed E-state index contributed by atoms with van der Waals surface area (Å²) in [6.45, 7) is 3.01. The number of carbonyl (C=O) groups excluding carboxylic acids is 1. The van der Waals surface area contributed by atoms with Gasteiger partial charge in [-0.15, -0.1) is 0 Å². The van der Waals surface area contributed by atoms with Crippen LogP contribution >= 0.6 is 0 Å². The van der Waals surface area contributed by atoms with Gasteiger partial charge in [-0.2, -0.15) is 0 Å². The molecule has 5 rings (SSSR count). The number of H-pyrrole nitrogens is 1. The first-order chi connectivity index (χ1) is 16.2. The largest absolute Gasteiger partial charge is 0.454 e. The Hall–Kier alpha value is -3.73. The highest BCUT2D eigenvalue weighted by atomic mass is 16.7. The van der Waals surface area contributed by atoms with Gasteiger partial charge < -0.3 is 19.8 Å². The van der Waals surface area contributed by atoms with Crippen LogP contribution < -0.4 is 14.8 Å². The summed E-state index contributed by atoms with van der Waals surface area (Å²) in [7, 11) is 0. The van der Waals surface area contributed by atoms with Gasteiger partial charge >= 0.3 is 0 Å². The molecule has 0 fully saturated rings. The van der Waals surface area contributed by atoms with Crippen molar-refractivity contribution in [2.75, 3.05) is 13.3 Å². The number of rotatable bonds is 8. The second-order valence-electron chi connectivity index (χ2n) is 8.39. The molecule has 5 nitrogen and oxygen atoms in total. The van der Waals surface area contributed by atoms with Crippen molar-refractivity contribution < 1.29 is 14.3 Å². The van der Waals surface area contributed by atoms with Crippen LogP contribution in [0.1, 0.15) is 41.5 Å². The van der Waals surface area contributed by atoms with E-state index in [-0.39, 0.29) is 18.6 Å². The van der Waals surface area contributed by atoms with Crippen molar-refractivity contribution in [3.05, 3.63) is 95.2 Å². The van der Waals surface area contributed by atoms with Crippen LogP contribution in [0.3, 0.4) is 0 Å². The van der Waals surface area contributed by atoms with Crippen LogP contribution in [0, 0.1) is 0 Å². The van der Waals surface area contributed by atoms with Gasteiger partial charge in [-0.05, 0) is 47.2 Å². The predicted molar refractivity (Wildman–Crippen MR) is 130 cm³/mol. The van der Waals surface area contributed by atoms with E-state index < -0.39 is 0 Å². The number of para-hydroxylation sites is 1. The Balaban J connectivity index is 1.42. The molecule has 0 spiro atoms. The van der Waals surface area contributed by atoms with Crippen LogP contribution in [0.2, 0.25) is 0 Å². The van der Waals surface area contributed by atoms with E-state index in [4.69, 9.17) is 9.47 Å². The van der Waals surface area contributed by atoms with E-state index in [9.17, 15) is 4.79 Å². The molecule has 0 bridgehead atoms. The normalized spacial score (nSPS) is 13.2. The molecule has 0 aliphatic carbocycles. The number of hydrogen-bond acceptors (Lipinski definition) is 3. The average molecular weight is 441 g/mol. The molecule has 0 unspecified atom stereocenters. The van der Waals surface area contributed by atoms with Gasteiger partial charge in [0.1, 0.15) is 0 Å². The molecule has 1 aromatic heterocycles. The van der Waals surface area contributed by atoms with Crippen molar-refractivity contribution in [1.82, 2.24) is 10.3 Å². The second-order valence-corrected chi connectivity index (χ2v) is 8.39. The molecule has 0 radical (unpaired) electrons. The molecular formula is C28H28N2O3. The highest BCUT2D eigenvalue weighted by molar-refractivity contribution is 5.88. The fraction of sp³-hybridized carbons (Fsp3) is 0.250. The number of carbonyl (C=O) groups is 1. The first kappa shape index (κ1) is 21.1. The predicted octanol–water partition coefficient (Wildman–Crippen LogP) is 5.34. The zero-order valence-electron chi connectivity index (χ0n) is 18.8. The molecule has 2 N–H and O–H groups in total. The van der Waals surface area contributed by atoms with Gasteiger partial charge in [-0.3, -0.25) is 4.79 Å². The van der Waals surface area contributed by atoms with Crippen molar-refractivity contribution in [3.8, 4) is 11.5 Å². The number of hydrogen-bond donors (Lipinski definition) is 2. The summed E-state index contributed by atoms with van der Waals surface area (Å²) in [6.07, 6.45) is 4.17. The first-order valence-corrected chi connectivity index (χ1v) is 11.5. The Bertz CT molecular complexity index is 1260. The van der Waals surface area contributed by atoms with Crippen molar-refractivity contribution in [3.63, 3.8) is 0 Å². The van der Waals surface area contributed by atoms with Gasteiger partial charge in [-0.1, -0.05) is 61.5 Å². The van der Waals surface area contributed by atoms with E-state index in [0.717, 1.165) is 46.4 Å². The Kier molecular flexibility index (Phi) is 6.03. The third kappa shape index (κ3) is 4.44. The number of amides is 1. The average Bonchev–Trinajstić information content (AvgIpc) is 3.50. The number of nitrogens with one attached hydrogen (secondary N) is 2. The summed E-state index contributed by atoms with van der Waals surface area (Å²) in [6, 6.07) is 22.6. The number of fused-ring (bicyclic) bond motifs is 2. The topological polar surface area (TPSA) is 63.4 Å². The minimum absolute atomic E-state index is 0.0367. The molecule has 1 atom stereocenters. The number of aromatic nitrogens is 1. The monoisotopic (exact) mass is 440 g/mol. The van der Waals surface area contributed by atoms with E-state index in [0.29, 0.717) is 13.0 Å². The molecule has 1 aliphatic rings. The fourth-order valence-electron chi connectivity index (χ4n) is 4.61. The third-order valence-corrected chi connectivity index (χ3v) is 6.36. The van der Waals surface area contributed by atoms with E-state index in [1.54, 1.807) is 0 Å². The van der Waals surface area contributed by atoms with Gasteiger partial charge in [0.15, 0.2) is 11.5 Å². The highest BCUT2D eigenvalue weighted by Gasteiger charge is 2.24. The summed E-state index contributed by atoms with van der Waals surface area (Å²) in [5.41, 5.74) is 5.80. The molecule has 3 aromatic carbocycles. The van der Waals surface area contributed by atoms with Gasteiger partial charge in [0.05, 0.1) is 0 Å². The lowest BCUT2D eigenvalue weighted by Gasteiger charge is -2.18. The van der Waals surface area contributed by atoms with Crippen LogP contribution in [-0.2, 0) is 17.6 Å². The molecule has 1 aliphatic heterocycles. The van der Waals surface area contributed by atoms with Gasteiger partial charge in [-0.25, -0.2) is 0 Å². The smallest absolute Gasteiger partial charge is 0.231 e.